The van der Waals surface area contributed by atoms with Gasteiger partial charge in [-0.1, -0.05) is 11.6 Å². The zero-order chi connectivity index (χ0) is 13.7. The van der Waals surface area contributed by atoms with Gasteiger partial charge in [-0.05, 0) is 12.1 Å². The third-order valence-electron chi connectivity index (χ3n) is 2.13. The van der Waals surface area contributed by atoms with Crippen LogP contribution in [0.5, 0.6) is 5.75 Å². The minimum Gasteiger partial charge on any atom is -0.495 e. The summed E-state index contributed by atoms with van der Waals surface area (Å²) in [6, 6.07) is 4.90. The van der Waals surface area contributed by atoms with Crippen molar-refractivity contribution >= 4 is 23.3 Å². The lowest BCUT2D eigenvalue weighted by atomic mass is 10.3. The number of halogens is 1. The van der Waals surface area contributed by atoms with Crippen molar-refractivity contribution in [2.75, 3.05) is 19.2 Å². The van der Waals surface area contributed by atoms with E-state index in [4.69, 9.17) is 27.9 Å². The summed E-state index contributed by atoms with van der Waals surface area (Å²) in [5.74, 6) is 5.54. The fourth-order valence-electron chi connectivity index (χ4n) is 1.20. The molecule has 0 aliphatic heterocycles. The zero-order valence-corrected chi connectivity index (χ0v) is 10.8. The van der Waals surface area contributed by atoms with E-state index in [1.807, 2.05) is 0 Å². The minimum absolute atomic E-state index is 0.117. The molecule has 6 nitrogen and oxygen atoms in total. The molecule has 0 aliphatic carbocycles. The molecule has 18 heavy (non-hydrogen) atoms. The number of carbonyl (C=O) groups excluding carboxylic acids is 1. The zero-order valence-electron chi connectivity index (χ0n) is 10.0. The van der Waals surface area contributed by atoms with E-state index in [-0.39, 0.29) is 5.70 Å². The van der Waals surface area contributed by atoms with Gasteiger partial charge in [0.25, 0.3) is 0 Å². The minimum atomic E-state index is -0.661. The number of hydrogen-bond donors (Lipinski definition) is 2. The number of nitrogens with two attached hydrogens (primary N) is 2. The van der Waals surface area contributed by atoms with Gasteiger partial charge in [-0.15, -0.1) is 0 Å². The van der Waals surface area contributed by atoms with Gasteiger partial charge in [0.05, 0.1) is 31.1 Å². The molecule has 0 radical (unpaired) electrons. The summed E-state index contributed by atoms with van der Waals surface area (Å²) in [5.41, 5.74) is 5.92. The Kier molecular flexibility index (Phi) is 4.82. The Bertz CT molecular complexity index is 477. The number of carbonyl (C=O) groups is 1. The lowest BCUT2D eigenvalue weighted by Crippen LogP contribution is -2.28. The number of hydrogen-bond acceptors (Lipinski definition) is 6. The van der Waals surface area contributed by atoms with Gasteiger partial charge in [0, 0.05) is 6.07 Å². The number of ether oxygens (including phenoxy) is 2. The molecule has 1 aromatic rings. The topological polar surface area (TPSA) is 90.8 Å². The SMILES string of the molecule is COC(=O)/C(N)=C/N(N)c1ccc(Cl)c(OC)c1. The molecule has 1 rings (SSSR count). The van der Waals surface area contributed by atoms with E-state index in [2.05, 4.69) is 4.74 Å². The average Bonchev–Trinajstić information content (AvgIpc) is 2.37. The lowest BCUT2D eigenvalue weighted by Gasteiger charge is -2.16. The molecule has 0 aliphatic rings. The maximum Gasteiger partial charge on any atom is 0.355 e. The Morgan fingerprint density at radius 3 is 2.67 bits per heavy atom. The van der Waals surface area contributed by atoms with Crippen LogP contribution in [0.15, 0.2) is 30.1 Å². The van der Waals surface area contributed by atoms with E-state index in [0.29, 0.717) is 16.5 Å². The van der Waals surface area contributed by atoms with Crippen molar-refractivity contribution in [3.8, 4) is 5.75 Å². The van der Waals surface area contributed by atoms with Crippen LogP contribution in [-0.2, 0) is 9.53 Å². The van der Waals surface area contributed by atoms with E-state index in [0.717, 1.165) is 0 Å². The molecule has 0 atom stereocenters. The molecule has 0 saturated carbocycles. The van der Waals surface area contributed by atoms with Gasteiger partial charge in [0.1, 0.15) is 11.4 Å². The van der Waals surface area contributed by atoms with Crippen LogP contribution < -0.4 is 21.3 Å². The number of rotatable bonds is 4. The fraction of sp³-hybridized carbons (Fsp3) is 0.182. The average molecular weight is 272 g/mol. The third-order valence-corrected chi connectivity index (χ3v) is 2.44. The second kappa shape index (κ2) is 6.13. The molecular weight excluding hydrogens is 258 g/mol. The van der Waals surface area contributed by atoms with Crippen molar-refractivity contribution in [3.05, 3.63) is 35.1 Å². The van der Waals surface area contributed by atoms with Crippen molar-refractivity contribution in [1.82, 2.24) is 0 Å². The van der Waals surface area contributed by atoms with Crippen molar-refractivity contribution in [2.24, 2.45) is 11.6 Å². The molecule has 7 heteroatoms. The molecule has 1 aromatic carbocycles. The standard InChI is InChI=1S/C11H14ClN3O3/c1-17-10-5-7(3-4-8(10)12)15(14)6-9(13)11(16)18-2/h3-6H,13-14H2,1-2H3/b9-6-. The molecule has 0 unspecified atom stereocenters. The number of benzene rings is 1. The quantitative estimate of drug-likeness (QED) is 0.367. The highest BCUT2D eigenvalue weighted by molar-refractivity contribution is 6.32. The van der Waals surface area contributed by atoms with Crippen molar-refractivity contribution < 1.29 is 14.3 Å². The molecule has 0 aromatic heterocycles. The van der Waals surface area contributed by atoms with Crippen molar-refractivity contribution in [3.63, 3.8) is 0 Å². The Labute approximate surface area is 110 Å². The Morgan fingerprint density at radius 1 is 1.44 bits per heavy atom. The highest BCUT2D eigenvalue weighted by atomic mass is 35.5. The summed E-state index contributed by atoms with van der Waals surface area (Å²) in [6.45, 7) is 0. The molecule has 0 saturated heterocycles. The number of hydrazine groups is 1. The fourth-order valence-corrected chi connectivity index (χ4v) is 1.40. The van der Waals surface area contributed by atoms with Gasteiger partial charge in [-0.25, -0.2) is 10.6 Å². The normalized spacial score (nSPS) is 11.0. The highest BCUT2D eigenvalue weighted by Gasteiger charge is 2.09. The summed E-state index contributed by atoms with van der Waals surface area (Å²) >= 11 is 5.88. The van der Waals surface area contributed by atoms with Gasteiger partial charge in [0.15, 0.2) is 0 Å². The molecule has 0 bridgehead atoms. The first-order valence-corrected chi connectivity index (χ1v) is 5.30. The van der Waals surface area contributed by atoms with Gasteiger partial charge in [-0.3, -0.25) is 5.01 Å². The van der Waals surface area contributed by atoms with Crippen LogP contribution in [0, 0.1) is 0 Å². The molecular formula is C11H14ClN3O3. The van der Waals surface area contributed by atoms with Crippen LogP contribution in [0.4, 0.5) is 5.69 Å². The largest absolute Gasteiger partial charge is 0.495 e. The molecule has 4 N–H and O–H groups in total. The van der Waals surface area contributed by atoms with Crippen LogP contribution in [0.1, 0.15) is 0 Å². The van der Waals surface area contributed by atoms with Crippen LogP contribution >= 0.6 is 11.6 Å². The van der Waals surface area contributed by atoms with Gasteiger partial charge < -0.3 is 15.2 Å². The second-order valence-corrected chi connectivity index (χ2v) is 3.71. The van der Waals surface area contributed by atoms with Crippen LogP contribution in [-0.4, -0.2) is 20.2 Å². The third kappa shape index (κ3) is 3.28. The maximum atomic E-state index is 11.1. The Morgan fingerprint density at radius 2 is 2.11 bits per heavy atom. The summed E-state index contributed by atoms with van der Waals surface area (Å²) in [7, 11) is 2.72. The molecule has 0 amide bonds. The number of esters is 1. The monoisotopic (exact) mass is 271 g/mol. The first-order valence-electron chi connectivity index (χ1n) is 4.92. The number of nitrogens with zero attached hydrogens (tertiary/aromatic N) is 1. The van der Waals surface area contributed by atoms with Crippen molar-refractivity contribution in [1.29, 1.82) is 0 Å². The van der Waals surface area contributed by atoms with Gasteiger partial charge in [-0.2, -0.15) is 0 Å². The summed E-state index contributed by atoms with van der Waals surface area (Å²) in [5, 5.41) is 1.63. The summed E-state index contributed by atoms with van der Waals surface area (Å²) in [4.78, 5) is 11.1. The molecule has 0 heterocycles. The summed E-state index contributed by atoms with van der Waals surface area (Å²) in [6.07, 6.45) is 1.24. The molecule has 98 valence electrons. The maximum absolute atomic E-state index is 11.1. The number of anilines is 1. The van der Waals surface area contributed by atoms with Crippen LogP contribution in [0.25, 0.3) is 0 Å². The summed E-state index contributed by atoms with van der Waals surface area (Å²) < 4.78 is 9.50. The van der Waals surface area contributed by atoms with Crippen LogP contribution in [0.3, 0.4) is 0 Å². The van der Waals surface area contributed by atoms with E-state index in [1.54, 1.807) is 18.2 Å². The first-order chi connectivity index (χ1) is 8.49. The van der Waals surface area contributed by atoms with E-state index < -0.39 is 5.97 Å². The Hall–Kier alpha value is -1.92. The van der Waals surface area contributed by atoms with Crippen LogP contribution in [0.2, 0.25) is 5.02 Å². The van der Waals surface area contributed by atoms with E-state index in [9.17, 15) is 4.79 Å². The lowest BCUT2D eigenvalue weighted by molar-refractivity contribution is -0.136. The Balaban J connectivity index is 2.97. The predicted molar refractivity (Wildman–Crippen MR) is 69.0 cm³/mol. The first kappa shape index (κ1) is 14.1. The smallest absolute Gasteiger partial charge is 0.355 e. The van der Waals surface area contributed by atoms with E-state index in [1.165, 1.54) is 25.4 Å². The second-order valence-electron chi connectivity index (χ2n) is 3.30. The van der Waals surface area contributed by atoms with Crippen molar-refractivity contribution in [2.45, 2.75) is 0 Å². The highest BCUT2D eigenvalue weighted by Crippen LogP contribution is 2.28. The number of methoxy groups -OCH3 is 2. The van der Waals surface area contributed by atoms with E-state index >= 15 is 0 Å². The molecule has 0 spiro atoms. The van der Waals surface area contributed by atoms with Gasteiger partial charge >= 0.3 is 5.97 Å². The predicted octanol–water partition coefficient (Wildman–Crippen LogP) is 1.00. The molecule has 0 fully saturated rings. The van der Waals surface area contributed by atoms with Gasteiger partial charge in [0.2, 0.25) is 0 Å².